The molecule has 18 rings (SSSR count). The van der Waals surface area contributed by atoms with E-state index in [9.17, 15) is 0 Å². The Morgan fingerprint density at radius 2 is 0.560 bits per heavy atom. The van der Waals surface area contributed by atoms with Crippen molar-refractivity contribution >= 4 is 121 Å². The van der Waals surface area contributed by atoms with Crippen LogP contribution in [0.5, 0.6) is 0 Å². The van der Waals surface area contributed by atoms with Gasteiger partial charge in [0.15, 0.2) is 0 Å². The van der Waals surface area contributed by atoms with Crippen LogP contribution in [-0.4, -0.2) is 38.3 Å². The van der Waals surface area contributed by atoms with Gasteiger partial charge in [0, 0.05) is 65.3 Å². The Bertz CT molecular complexity index is 5760. The molecule has 7 heteroatoms. The predicted molar refractivity (Wildman–Crippen MR) is 382 cm³/mol. The van der Waals surface area contributed by atoms with Crippen LogP contribution in [0.25, 0.3) is 164 Å². The number of para-hydroxylation sites is 2. The van der Waals surface area contributed by atoms with Gasteiger partial charge in [-0.2, -0.15) is 0 Å². The highest BCUT2D eigenvalue weighted by Gasteiger charge is 2.51. The average Bonchev–Trinajstić information content (AvgIpc) is 1.33. The molecular weight excluding hydrogens is 1110 g/mol. The van der Waals surface area contributed by atoms with Crippen molar-refractivity contribution in [2.24, 2.45) is 0 Å². The summed E-state index contributed by atoms with van der Waals surface area (Å²) in [5, 5.41) is 19.4. The first-order valence-electron chi connectivity index (χ1n) is 31.3. The monoisotopic (exact) mass is 1170 g/mol. The van der Waals surface area contributed by atoms with Crippen LogP contribution in [0.3, 0.4) is 0 Å². The van der Waals surface area contributed by atoms with Gasteiger partial charge in [0.2, 0.25) is 0 Å². The van der Waals surface area contributed by atoms with Crippen molar-refractivity contribution < 1.29 is 9.31 Å². The Labute approximate surface area is 527 Å². The molecular formula is C84H59BN4O2. The van der Waals surface area contributed by atoms with Crippen molar-refractivity contribution in [2.45, 2.75) is 38.9 Å². The number of aromatic nitrogens is 4. The minimum absolute atomic E-state index is 0.369. The van der Waals surface area contributed by atoms with Gasteiger partial charge in [0.1, 0.15) is 0 Å². The quantitative estimate of drug-likeness (QED) is 0.122. The third-order valence-corrected chi connectivity index (χ3v) is 19.1. The molecule has 1 saturated heterocycles. The Balaban J connectivity index is 0.000000150. The predicted octanol–water partition coefficient (Wildman–Crippen LogP) is 21.1. The number of hydrogen-bond donors (Lipinski definition) is 0. The van der Waals surface area contributed by atoms with Crippen LogP contribution in [0, 0.1) is 0 Å². The zero-order chi connectivity index (χ0) is 61.0. The molecule has 0 saturated carbocycles. The maximum atomic E-state index is 6.29. The average molecular weight is 1170 g/mol. The van der Waals surface area contributed by atoms with Crippen LogP contribution in [0.1, 0.15) is 27.7 Å². The Morgan fingerprint density at radius 3 is 0.978 bits per heavy atom. The number of rotatable bonds is 6. The lowest BCUT2D eigenvalue weighted by molar-refractivity contribution is 0.00578. The van der Waals surface area contributed by atoms with Gasteiger partial charge in [-0.15, -0.1) is 0 Å². The second-order valence-electron chi connectivity index (χ2n) is 25.0. The van der Waals surface area contributed by atoms with Gasteiger partial charge in [-0.3, -0.25) is 0 Å². The lowest BCUT2D eigenvalue weighted by Gasteiger charge is -2.32. The molecule has 0 radical (unpaired) electrons. The van der Waals surface area contributed by atoms with Crippen molar-refractivity contribution in [1.82, 2.24) is 19.9 Å². The van der Waals surface area contributed by atoms with E-state index in [0.29, 0.717) is 0 Å². The third kappa shape index (κ3) is 9.10. The SMILES string of the molecule is CC1(C)OB(c2ccc(-c3nc4ccccc4c4c5ccccc5c5ccccc5c34)cc2)OC1(C)C.c1ccc(-c2ccc3ccc4ccc(-c5ccc(-c6ccc(-c7nc8ccccc8c8c9ccccc9c9ccccc9c78)cc6)cc5)nc4c3n2)cc1. The van der Waals surface area contributed by atoms with E-state index in [1.165, 1.54) is 75.4 Å². The Hall–Kier alpha value is -11.0. The highest BCUT2D eigenvalue weighted by molar-refractivity contribution is 6.62. The summed E-state index contributed by atoms with van der Waals surface area (Å²) in [6.45, 7) is 8.34. The van der Waals surface area contributed by atoms with Gasteiger partial charge >= 0.3 is 7.12 Å². The fraction of sp³-hybridized carbons (Fsp3) is 0.0714. The Kier molecular flexibility index (Phi) is 12.7. The zero-order valence-electron chi connectivity index (χ0n) is 50.8. The molecule has 0 aliphatic carbocycles. The zero-order valence-corrected chi connectivity index (χ0v) is 50.8. The molecule has 6 nitrogen and oxygen atoms in total. The van der Waals surface area contributed by atoms with Crippen molar-refractivity contribution in [3.63, 3.8) is 0 Å². The van der Waals surface area contributed by atoms with Crippen LogP contribution < -0.4 is 5.46 Å². The van der Waals surface area contributed by atoms with E-state index in [1.54, 1.807) is 0 Å². The summed E-state index contributed by atoms with van der Waals surface area (Å²) in [7, 11) is -0.384. The van der Waals surface area contributed by atoms with Crippen LogP contribution in [0.4, 0.5) is 0 Å². The molecule has 1 aliphatic rings. The molecule has 5 heterocycles. The lowest BCUT2D eigenvalue weighted by Crippen LogP contribution is -2.41. The number of hydrogen-bond acceptors (Lipinski definition) is 6. The summed E-state index contributed by atoms with van der Waals surface area (Å²) < 4.78 is 12.6. The van der Waals surface area contributed by atoms with E-state index in [1.807, 2.05) is 18.2 Å². The largest absolute Gasteiger partial charge is 0.494 e. The number of nitrogens with zero attached hydrogens (tertiary/aromatic N) is 4. The van der Waals surface area contributed by atoms with Gasteiger partial charge in [0.25, 0.3) is 0 Å². The molecule has 0 atom stereocenters. The second-order valence-corrected chi connectivity index (χ2v) is 25.0. The summed E-state index contributed by atoms with van der Waals surface area (Å²) in [5.74, 6) is 0. The van der Waals surface area contributed by atoms with Crippen LogP contribution in [0.2, 0.25) is 0 Å². The summed E-state index contributed by atoms with van der Waals surface area (Å²) in [4.78, 5) is 20.8. The fourth-order valence-corrected chi connectivity index (χ4v) is 13.8. The van der Waals surface area contributed by atoms with Crippen molar-refractivity contribution in [1.29, 1.82) is 0 Å². The smallest absolute Gasteiger partial charge is 0.399 e. The molecule has 4 aromatic heterocycles. The maximum Gasteiger partial charge on any atom is 0.494 e. The number of benzene rings is 13. The Morgan fingerprint density at radius 1 is 0.253 bits per heavy atom. The third-order valence-electron chi connectivity index (χ3n) is 19.1. The summed E-state index contributed by atoms with van der Waals surface area (Å²) in [6.07, 6.45) is 0. The molecule has 0 bridgehead atoms. The van der Waals surface area contributed by atoms with Gasteiger partial charge in [-0.1, -0.05) is 261 Å². The van der Waals surface area contributed by atoms with Crippen molar-refractivity contribution in [3.05, 3.63) is 285 Å². The standard InChI is InChI=1S/C51H31N3.C33H28BNO2/c1-2-10-34(11-3-1)44-30-28-37-26-27-38-29-31-45(53-51(38)50(37)52-44)35-22-18-32(19-23-35)33-20-24-36(25-21-33)49-48-42-15-7-5-13-40(42)39-12-4-6-14-41(39)47(48)43-16-8-9-17-46(43)54-49;1-32(2)33(3,4)37-34(36-32)22-19-17-21(18-20-22)31-30-26-14-8-6-12-24(26)23-11-5-7-13-25(23)29(30)27-15-9-10-16-28(27)35-31/h1-31H;5-20H,1-4H3. The van der Waals surface area contributed by atoms with Crippen LogP contribution in [-0.2, 0) is 9.31 Å². The van der Waals surface area contributed by atoms with Gasteiger partial charge in [-0.05, 0) is 112 Å². The second kappa shape index (κ2) is 21.4. The van der Waals surface area contributed by atoms with E-state index in [-0.39, 0.29) is 18.3 Å². The summed E-state index contributed by atoms with van der Waals surface area (Å²) >= 11 is 0. The van der Waals surface area contributed by atoms with Gasteiger partial charge in [-0.25, -0.2) is 19.9 Å². The summed E-state index contributed by atoms with van der Waals surface area (Å²) in [6, 6.07) is 101. The highest BCUT2D eigenvalue weighted by Crippen LogP contribution is 2.46. The topological polar surface area (TPSA) is 70.0 Å². The lowest BCUT2D eigenvalue weighted by atomic mass is 9.78. The summed E-state index contributed by atoms with van der Waals surface area (Å²) in [5.41, 5.74) is 14.6. The van der Waals surface area contributed by atoms with E-state index in [2.05, 4.69) is 295 Å². The van der Waals surface area contributed by atoms with E-state index >= 15 is 0 Å². The van der Waals surface area contributed by atoms with Crippen LogP contribution in [0.15, 0.2) is 285 Å². The van der Waals surface area contributed by atoms with Crippen LogP contribution >= 0.6 is 0 Å². The van der Waals surface area contributed by atoms with Gasteiger partial charge in [0.05, 0.1) is 56.0 Å². The molecule has 0 spiro atoms. The molecule has 91 heavy (non-hydrogen) atoms. The van der Waals surface area contributed by atoms with E-state index in [4.69, 9.17) is 29.2 Å². The first-order valence-corrected chi connectivity index (χ1v) is 31.3. The minimum atomic E-state index is -0.384. The van der Waals surface area contributed by atoms with Crippen molar-refractivity contribution in [3.8, 4) is 56.2 Å². The molecule has 430 valence electrons. The van der Waals surface area contributed by atoms with E-state index in [0.717, 1.165) is 94.5 Å². The molecule has 13 aromatic carbocycles. The minimum Gasteiger partial charge on any atom is -0.399 e. The maximum absolute atomic E-state index is 6.29. The first-order chi connectivity index (χ1) is 44.6. The molecule has 1 fully saturated rings. The molecule has 0 N–H and O–H groups in total. The fourth-order valence-electron chi connectivity index (χ4n) is 13.8. The van der Waals surface area contributed by atoms with Crippen molar-refractivity contribution in [2.75, 3.05) is 0 Å². The van der Waals surface area contributed by atoms with Gasteiger partial charge < -0.3 is 9.31 Å². The molecule has 17 aromatic rings. The van der Waals surface area contributed by atoms with E-state index < -0.39 is 0 Å². The molecule has 0 amide bonds. The number of fused-ring (bicyclic) bond motifs is 19. The molecule has 0 unspecified atom stereocenters. The highest BCUT2D eigenvalue weighted by atomic mass is 16.7. The number of pyridine rings is 4. The first kappa shape index (κ1) is 54.2. The normalized spacial score (nSPS) is 13.8. The molecule has 1 aliphatic heterocycles.